The average molecular weight is 530 g/mol. The molecule has 0 aromatic heterocycles. The van der Waals surface area contributed by atoms with Gasteiger partial charge in [-0.05, 0) is 55.0 Å². The minimum absolute atomic E-state index is 0.131. The number of nitrogens with zero attached hydrogens (tertiary/aromatic N) is 2. The van der Waals surface area contributed by atoms with Gasteiger partial charge in [0, 0.05) is 33.7 Å². The maximum atomic E-state index is 12.6. The first-order chi connectivity index (χ1) is 14.3. The van der Waals surface area contributed by atoms with Crippen molar-refractivity contribution >= 4 is 68.4 Å². The van der Waals surface area contributed by atoms with Gasteiger partial charge in [0.05, 0.1) is 7.11 Å². The standard InChI is InChI=1S/C21H19BrCl2N2O3S/c1-4-26-20(27)17(25(2)21(26)30)7-13-8-18(28-3)19(10-15(13)22)29-11-12-5-6-14(23)9-16(12)24/h5-10H,4,11H2,1-3H3/b17-7-. The third-order valence-corrected chi connectivity index (χ3v) is 6.40. The fraction of sp³-hybridized carbons (Fsp3) is 0.238. The number of hydrogen-bond acceptors (Lipinski definition) is 4. The van der Waals surface area contributed by atoms with Gasteiger partial charge in [-0.25, -0.2) is 0 Å². The van der Waals surface area contributed by atoms with Crippen molar-refractivity contribution in [3.63, 3.8) is 0 Å². The topological polar surface area (TPSA) is 42.0 Å². The monoisotopic (exact) mass is 528 g/mol. The summed E-state index contributed by atoms with van der Waals surface area (Å²) in [7, 11) is 3.34. The number of hydrogen-bond donors (Lipinski definition) is 0. The number of halogens is 3. The van der Waals surface area contributed by atoms with E-state index >= 15 is 0 Å². The summed E-state index contributed by atoms with van der Waals surface area (Å²) in [5.41, 5.74) is 2.06. The van der Waals surface area contributed by atoms with E-state index in [-0.39, 0.29) is 12.5 Å². The van der Waals surface area contributed by atoms with Crippen molar-refractivity contribution in [2.24, 2.45) is 0 Å². The van der Waals surface area contributed by atoms with Crippen LogP contribution in [0.5, 0.6) is 11.5 Å². The lowest BCUT2D eigenvalue weighted by Gasteiger charge is -2.15. The zero-order chi connectivity index (χ0) is 22.0. The van der Waals surface area contributed by atoms with Crippen molar-refractivity contribution < 1.29 is 14.3 Å². The Kier molecular flexibility index (Phi) is 7.29. The van der Waals surface area contributed by atoms with Gasteiger partial charge in [0.1, 0.15) is 12.3 Å². The second-order valence-corrected chi connectivity index (χ2v) is 8.53. The Balaban J connectivity index is 1.89. The van der Waals surface area contributed by atoms with Crippen LogP contribution in [0.4, 0.5) is 0 Å². The largest absolute Gasteiger partial charge is 0.493 e. The highest BCUT2D eigenvalue weighted by Gasteiger charge is 2.34. The van der Waals surface area contributed by atoms with Gasteiger partial charge in [0.25, 0.3) is 5.91 Å². The Labute approximate surface area is 199 Å². The van der Waals surface area contributed by atoms with E-state index in [1.54, 1.807) is 54.3 Å². The molecular formula is C21H19BrCl2N2O3S. The molecule has 1 heterocycles. The summed E-state index contributed by atoms with van der Waals surface area (Å²) >= 11 is 21.1. The van der Waals surface area contributed by atoms with E-state index in [1.807, 2.05) is 13.0 Å². The second kappa shape index (κ2) is 9.56. The molecule has 1 aliphatic heterocycles. The molecule has 0 aliphatic carbocycles. The van der Waals surface area contributed by atoms with Crippen LogP contribution < -0.4 is 9.47 Å². The van der Waals surface area contributed by atoms with Gasteiger partial charge < -0.3 is 14.4 Å². The van der Waals surface area contributed by atoms with E-state index in [9.17, 15) is 4.79 Å². The van der Waals surface area contributed by atoms with Crippen LogP contribution in [0.1, 0.15) is 18.1 Å². The Bertz CT molecular complexity index is 1050. The third kappa shape index (κ3) is 4.59. The van der Waals surface area contributed by atoms with Gasteiger partial charge in [0.15, 0.2) is 16.6 Å². The summed E-state index contributed by atoms with van der Waals surface area (Å²) < 4.78 is 12.2. The molecule has 3 rings (SSSR count). The Morgan fingerprint density at radius 3 is 2.53 bits per heavy atom. The molecular weight excluding hydrogens is 511 g/mol. The molecule has 1 aliphatic rings. The molecule has 1 saturated heterocycles. The van der Waals surface area contributed by atoms with Crippen molar-refractivity contribution in [3.05, 3.63) is 61.7 Å². The molecule has 0 unspecified atom stereocenters. The summed E-state index contributed by atoms with van der Waals surface area (Å²) in [4.78, 5) is 15.9. The molecule has 2 aromatic carbocycles. The molecule has 0 radical (unpaired) electrons. The Morgan fingerprint density at radius 2 is 1.93 bits per heavy atom. The van der Waals surface area contributed by atoms with Crippen LogP contribution in [0.25, 0.3) is 6.08 Å². The lowest BCUT2D eigenvalue weighted by Crippen LogP contribution is -2.30. The predicted octanol–water partition coefficient (Wildman–Crippen LogP) is 5.76. The highest BCUT2D eigenvalue weighted by Crippen LogP contribution is 2.36. The third-order valence-electron chi connectivity index (χ3n) is 4.63. The smallest absolute Gasteiger partial charge is 0.276 e. The number of amides is 1. The van der Waals surface area contributed by atoms with E-state index in [1.165, 1.54) is 0 Å². The number of carbonyl (C=O) groups is 1. The molecule has 2 aromatic rings. The van der Waals surface area contributed by atoms with Crippen molar-refractivity contribution in [2.75, 3.05) is 20.7 Å². The van der Waals surface area contributed by atoms with Gasteiger partial charge in [-0.1, -0.05) is 45.2 Å². The van der Waals surface area contributed by atoms with Gasteiger partial charge in [-0.15, -0.1) is 0 Å². The van der Waals surface area contributed by atoms with E-state index in [2.05, 4.69) is 15.9 Å². The molecule has 5 nitrogen and oxygen atoms in total. The van der Waals surface area contributed by atoms with Crippen molar-refractivity contribution in [2.45, 2.75) is 13.5 Å². The lowest BCUT2D eigenvalue weighted by atomic mass is 10.1. The van der Waals surface area contributed by atoms with Crippen LogP contribution in [0.2, 0.25) is 10.0 Å². The summed E-state index contributed by atoms with van der Waals surface area (Å²) in [6, 6.07) is 8.84. The van der Waals surface area contributed by atoms with Gasteiger partial charge in [-0.2, -0.15) is 0 Å². The number of methoxy groups -OCH3 is 1. The van der Waals surface area contributed by atoms with Gasteiger partial charge in [-0.3, -0.25) is 9.69 Å². The Morgan fingerprint density at radius 1 is 1.20 bits per heavy atom. The van der Waals surface area contributed by atoms with Gasteiger partial charge in [0.2, 0.25) is 0 Å². The quantitative estimate of drug-likeness (QED) is 0.351. The maximum absolute atomic E-state index is 12.6. The molecule has 158 valence electrons. The van der Waals surface area contributed by atoms with E-state index in [4.69, 9.17) is 44.9 Å². The summed E-state index contributed by atoms with van der Waals surface area (Å²) in [5, 5.41) is 1.58. The number of rotatable bonds is 6. The Hall–Kier alpha value is -1.80. The fourth-order valence-corrected chi connectivity index (χ4v) is 4.18. The fourth-order valence-electron chi connectivity index (χ4n) is 2.97. The molecule has 30 heavy (non-hydrogen) atoms. The van der Waals surface area contributed by atoms with Crippen LogP contribution in [-0.4, -0.2) is 41.5 Å². The van der Waals surface area contributed by atoms with E-state index in [0.29, 0.717) is 38.9 Å². The summed E-state index contributed by atoms with van der Waals surface area (Å²) in [6.07, 6.45) is 1.77. The second-order valence-electron chi connectivity index (χ2n) is 6.47. The lowest BCUT2D eigenvalue weighted by molar-refractivity contribution is -0.122. The first kappa shape index (κ1) is 22.9. The highest BCUT2D eigenvalue weighted by atomic mass is 79.9. The zero-order valence-corrected chi connectivity index (χ0v) is 20.5. The van der Waals surface area contributed by atoms with Gasteiger partial charge >= 0.3 is 0 Å². The number of carbonyl (C=O) groups excluding carboxylic acids is 1. The van der Waals surface area contributed by atoms with Crippen LogP contribution in [-0.2, 0) is 11.4 Å². The van der Waals surface area contributed by atoms with Crippen LogP contribution in [0.3, 0.4) is 0 Å². The molecule has 9 heteroatoms. The SMILES string of the molecule is CCN1C(=O)/C(=C/c2cc(OC)c(OCc3ccc(Cl)cc3Cl)cc2Br)N(C)C1=S. The molecule has 1 amide bonds. The number of ether oxygens (including phenoxy) is 2. The van der Waals surface area contributed by atoms with Crippen molar-refractivity contribution in [1.82, 2.24) is 9.80 Å². The minimum Gasteiger partial charge on any atom is -0.493 e. The van der Waals surface area contributed by atoms with Crippen LogP contribution in [0.15, 0.2) is 40.5 Å². The highest BCUT2D eigenvalue weighted by molar-refractivity contribution is 9.10. The maximum Gasteiger partial charge on any atom is 0.276 e. The molecule has 0 spiro atoms. The molecule has 0 saturated carbocycles. The zero-order valence-electron chi connectivity index (χ0n) is 16.5. The summed E-state index contributed by atoms with van der Waals surface area (Å²) in [6.45, 7) is 2.66. The number of likely N-dealkylation sites (N-methyl/N-ethyl adjacent to an activating group) is 2. The first-order valence-electron chi connectivity index (χ1n) is 9.02. The number of benzene rings is 2. The molecule has 0 N–H and O–H groups in total. The van der Waals surface area contributed by atoms with Crippen molar-refractivity contribution in [3.8, 4) is 11.5 Å². The normalized spacial score (nSPS) is 15.3. The number of thiocarbonyl (C=S) groups is 1. The van der Waals surface area contributed by atoms with Crippen LogP contribution >= 0.6 is 51.3 Å². The van der Waals surface area contributed by atoms with Crippen LogP contribution in [0, 0.1) is 0 Å². The predicted molar refractivity (Wildman–Crippen MR) is 127 cm³/mol. The van der Waals surface area contributed by atoms with Crippen molar-refractivity contribution in [1.29, 1.82) is 0 Å². The minimum atomic E-state index is -0.131. The van der Waals surface area contributed by atoms with E-state index in [0.717, 1.165) is 15.6 Å². The van der Waals surface area contributed by atoms with E-state index < -0.39 is 0 Å². The average Bonchev–Trinajstić information content (AvgIpc) is 2.91. The first-order valence-corrected chi connectivity index (χ1v) is 11.0. The molecule has 0 bridgehead atoms. The molecule has 0 atom stereocenters. The molecule has 1 fully saturated rings. The summed E-state index contributed by atoms with van der Waals surface area (Å²) in [5.74, 6) is 0.932.